The predicted octanol–water partition coefficient (Wildman–Crippen LogP) is 1.44. The van der Waals surface area contributed by atoms with Crippen LogP contribution in [-0.2, 0) is 16.1 Å². The van der Waals surface area contributed by atoms with Crippen LogP contribution in [0.2, 0.25) is 0 Å². The second kappa shape index (κ2) is 7.49. The maximum absolute atomic E-state index is 12.2. The van der Waals surface area contributed by atoms with Gasteiger partial charge in [-0.2, -0.15) is 0 Å². The third-order valence-electron chi connectivity index (χ3n) is 4.93. The fourth-order valence-electron chi connectivity index (χ4n) is 3.71. The number of pyridine rings is 1. The van der Waals surface area contributed by atoms with Crippen molar-refractivity contribution in [1.82, 2.24) is 10.3 Å². The Morgan fingerprint density at radius 3 is 2.67 bits per heavy atom. The third kappa shape index (κ3) is 4.05. The standard InChI is InChI=1S/C18H28N4O2/c1-12-10-22(11-13(2)24-12)17-7-6-14(8-20-17)9-21-18(23)15-4-3-5-16(15)19/h6-8,12-13,15-16H,3-5,9-11,19H2,1-2H3,(H,21,23). The maximum atomic E-state index is 12.2. The van der Waals surface area contributed by atoms with Crippen LogP contribution >= 0.6 is 0 Å². The molecular formula is C18H28N4O2. The van der Waals surface area contributed by atoms with E-state index in [4.69, 9.17) is 10.5 Å². The minimum Gasteiger partial charge on any atom is -0.372 e. The van der Waals surface area contributed by atoms with Crippen molar-refractivity contribution < 1.29 is 9.53 Å². The van der Waals surface area contributed by atoms with E-state index in [2.05, 4.69) is 29.0 Å². The molecule has 0 radical (unpaired) electrons. The van der Waals surface area contributed by atoms with Crippen LogP contribution in [0.5, 0.6) is 0 Å². The van der Waals surface area contributed by atoms with Gasteiger partial charge >= 0.3 is 0 Å². The number of aromatic nitrogens is 1. The zero-order valence-electron chi connectivity index (χ0n) is 14.6. The number of morpholine rings is 1. The molecule has 2 aliphatic rings. The summed E-state index contributed by atoms with van der Waals surface area (Å²) in [6, 6.07) is 4.06. The topological polar surface area (TPSA) is 80.5 Å². The number of carbonyl (C=O) groups is 1. The van der Waals surface area contributed by atoms with E-state index in [1.54, 1.807) is 0 Å². The predicted molar refractivity (Wildman–Crippen MR) is 93.6 cm³/mol. The van der Waals surface area contributed by atoms with E-state index in [0.717, 1.165) is 43.7 Å². The Kier molecular flexibility index (Phi) is 5.36. The second-order valence-electron chi connectivity index (χ2n) is 7.11. The highest BCUT2D eigenvalue weighted by Crippen LogP contribution is 2.24. The fraction of sp³-hybridized carbons (Fsp3) is 0.667. The number of nitrogens with two attached hydrogens (primary N) is 1. The van der Waals surface area contributed by atoms with Gasteiger partial charge < -0.3 is 20.7 Å². The molecule has 2 fully saturated rings. The minimum atomic E-state index is -0.0337. The molecule has 4 atom stereocenters. The molecule has 2 heterocycles. The highest BCUT2D eigenvalue weighted by molar-refractivity contribution is 5.79. The largest absolute Gasteiger partial charge is 0.372 e. The van der Waals surface area contributed by atoms with Crippen LogP contribution in [0.25, 0.3) is 0 Å². The number of rotatable bonds is 4. The number of nitrogens with one attached hydrogen (secondary N) is 1. The molecule has 6 heteroatoms. The van der Waals surface area contributed by atoms with Gasteiger partial charge in [0, 0.05) is 31.9 Å². The van der Waals surface area contributed by atoms with Crippen LogP contribution in [-0.4, -0.2) is 42.2 Å². The molecule has 4 unspecified atom stereocenters. The van der Waals surface area contributed by atoms with Crippen molar-refractivity contribution in [3.63, 3.8) is 0 Å². The average molecular weight is 332 g/mol. The van der Waals surface area contributed by atoms with Crippen LogP contribution in [0.15, 0.2) is 18.3 Å². The summed E-state index contributed by atoms with van der Waals surface area (Å²) in [5, 5.41) is 2.99. The van der Waals surface area contributed by atoms with Crippen LogP contribution in [0.1, 0.15) is 38.7 Å². The van der Waals surface area contributed by atoms with E-state index in [0.29, 0.717) is 6.54 Å². The summed E-state index contributed by atoms with van der Waals surface area (Å²) >= 11 is 0. The SMILES string of the molecule is CC1CN(c2ccc(CNC(=O)C3CCCC3N)cn2)CC(C)O1. The molecule has 0 aromatic carbocycles. The monoisotopic (exact) mass is 332 g/mol. The summed E-state index contributed by atoms with van der Waals surface area (Å²) in [6.07, 6.45) is 5.17. The van der Waals surface area contributed by atoms with Crippen molar-refractivity contribution in [2.75, 3.05) is 18.0 Å². The maximum Gasteiger partial charge on any atom is 0.224 e. The zero-order valence-corrected chi connectivity index (χ0v) is 14.6. The molecular weight excluding hydrogens is 304 g/mol. The Labute approximate surface area is 143 Å². The van der Waals surface area contributed by atoms with Crippen molar-refractivity contribution in [2.45, 2.75) is 57.9 Å². The lowest BCUT2D eigenvalue weighted by Crippen LogP contribution is -2.45. The molecule has 24 heavy (non-hydrogen) atoms. The Balaban J connectivity index is 1.54. The van der Waals surface area contributed by atoms with Gasteiger partial charge in [-0.1, -0.05) is 12.5 Å². The van der Waals surface area contributed by atoms with Gasteiger partial charge in [-0.25, -0.2) is 4.98 Å². The average Bonchev–Trinajstić information content (AvgIpc) is 2.98. The number of nitrogens with zero attached hydrogens (tertiary/aromatic N) is 2. The van der Waals surface area contributed by atoms with Crippen LogP contribution < -0.4 is 16.0 Å². The fourth-order valence-corrected chi connectivity index (χ4v) is 3.71. The van der Waals surface area contributed by atoms with E-state index in [1.807, 2.05) is 18.3 Å². The van der Waals surface area contributed by atoms with Crippen molar-refractivity contribution >= 4 is 11.7 Å². The van der Waals surface area contributed by atoms with Gasteiger partial charge in [-0.3, -0.25) is 4.79 Å². The highest BCUT2D eigenvalue weighted by Gasteiger charge is 2.30. The molecule has 1 aromatic heterocycles. The number of anilines is 1. The Morgan fingerprint density at radius 1 is 1.33 bits per heavy atom. The molecule has 132 valence electrons. The molecule has 1 aromatic rings. The zero-order chi connectivity index (χ0) is 17.1. The minimum absolute atomic E-state index is 0.0100. The van der Waals surface area contributed by atoms with Gasteiger partial charge in [0.1, 0.15) is 5.82 Å². The van der Waals surface area contributed by atoms with Gasteiger partial charge in [-0.15, -0.1) is 0 Å². The number of ether oxygens (including phenoxy) is 1. The summed E-state index contributed by atoms with van der Waals surface area (Å²) in [7, 11) is 0. The molecule has 3 N–H and O–H groups in total. The van der Waals surface area contributed by atoms with Crippen LogP contribution in [0, 0.1) is 5.92 Å². The molecule has 6 nitrogen and oxygen atoms in total. The number of hydrogen-bond donors (Lipinski definition) is 2. The smallest absolute Gasteiger partial charge is 0.224 e. The second-order valence-corrected chi connectivity index (χ2v) is 7.11. The normalized spacial score (nSPS) is 30.4. The summed E-state index contributed by atoms with van der Waals surface area (Å²) in [5.41, 5.74) is 6.99. The summed E-state index contributed by atoms with van der Waals surface area (Å²) in [5.74, 6) is 0.998. The van der Waals surface area contributed by atoms with Crippen molar-refractivity contribution in [3.05, 3.63) is 23.9 Å². The van der Waals surface area contributed by atoms with E-state index in [-0.39, 0.29) is 30.1 Å². The molecule has 1 saturated heterocycles. The van der Waals surface area contributed by atoms with Crippen LogP contribution in [0.4, 0.5) is 5.82 Å². The lowest BCUT2D eigenvalue weighted by atomic mass is 10.0. The van der Waals surface area contributed by atoms with Gasteiger partial charge in [-0.05, 0) is 38.3 Å². The van der Waals surface area contributed by atoms with E-state index in [1.165, 1.54) is 0 Å². The number of hydrogen-bond acceptors (Lipinski definition) is 5. The van der Waals surface area contributed by atoms with E-state index >= 15 is 0 Å². The molecule has 3 rings (SSSR count). The summed E-state index contributed by atoms with van der Waals surface area (Å²) in [4.78, 5) is 19.0. The highest BCUT2D eigenvalue weighted by atomic mass is 16.5. The van der Waals surface area contributed by atoms with Gasteiger partial charge in [0.25, 0.3) is 0 Å². The van der Waals surface area contributed by atoms with Gasteiger partial charge in [0.05, 0.1) is 18.1 Å². The third-order valence-corrected chi connectivity index (χ3v) is 4.93. The van der Waals surface area contributed by atoms with Crippen LogP contribution in [0.3, 0.4) is 0 Å². The summed E-state index contributed by atoms with van der Waals surface area (Å²) < 4.78 is 5.76. The first-order chi connectivity index (χ1) is 11.5. The molecule has 0 spiro atoms. The lowest BCUT2D eigenvalue weighted by Gasteiger charge is -2.36. The van der Waals surface area contributed by atoms with Crippen molar-refractivity contribution in [1.29, 1.82) is 0 Å². The first-order valence-corrected chi connectivity index (χ1v) is 8.91. The number of carbonyl (C=O) groups excluding carboxylic acids is 1. The van der Waals surface area contributed by atoms with E-state index in [9.17, 15) is 4.79 Å². The van der Waals surface area contributed by atoms with Gasteiger partial charge in [0.2, 0.25) is 5.91 Å². The Morgan fingerprint density at radius 2 is 2.08 bits per heavy atom. The molecule has 1 saturated carbocycles. The van der Waals surface area contributed by atoms with E-state index < -0.39 is 0 Å². The van der Waals surface area contributed by atoms with Crippen molar-refractivity contribution in [2.24, 2.45) is 11.7 Å². The quantitative estimate of drug-likeness (QED) is 0.872. The first-order valence-electron chi connectivity index (χ1n) is 8.91. The first kappa shape index (κ1) is 17.2. The molecule has 1 aliphatic heterocycles. The Bertz CT molecular complexity index is 553. The summed E-state index contributed by atoms with van der Waals surface area (Å²) in [6.45, 7) is 6.38. The lowest BCUT2D eigenvalue weighted by molar-refractivity contribution is -0.125. The molecule has 0 bridgehead atoms. The number of amides is 1. The van der Waals surface area contributed by atoms with Crippen molar-refractivity contribution in [3.8, 4) is 0 Å². The molecule has 1 aliphatic carbocycles. The Hall–Kier alpha value is -1.66. The molecule has 1 amide bonds. The van der Waals surface area contributed by atoms with Gasteiger partial charge in [0.15, 0.2) is 0 Å².